The van der Waals surface area contributed by atoms with Crippen LogP contribution in [0.2, 0.25) is 0 Å². The first kappa shape index (κ1) is 15.0. The number of aromatic carboxylic acids is 1. The average Bonchev–Trinajstić information content (AvgIpc) is 2.83. The summed E-state index contributed by atoms with van der Waals surface area (Å²) in [5, 5.41) is 13.0. The van der Waals surface area contributed by atoms with Gasteiger partial charge in [0.25, 0.3) is 5.89 Å². The standard InChI is InChI=1S/C15H18N2O4/c1-9(2)6-13-16-14(21-17-13)8-20-12-5-4-10(3)7-11(12)15(18)19/h4-5,7,9H,6,8H2,1-3H3,(H,18,19). The van der Waals surface area contributed by atoms with E-state index in [1.54, 1.807) is 18.2 Å². The highest BCUT2D eigenvalue weighted by Crippen LogP contribution is 2.21. The molecule has 1 aromatic carbocycles. The van der Waals surface area contributed by atoms with Crippen molar-refractivity contribution in [2.75, 3.05) is 0 Å². The van der Waals surface area contributed by atoms with E-state index in [9.17, 15) is 4.79 Å². The molecule has 0 saturated carbocycles. The number of carboxylic acid groups (broad SMARTS) is 1. The Labute approximate surface area is 122 Å². The second kappa shape index (κ2) is 6.39. The van der Waals surface area contributed by atoms with Gasteiger partial charge in [0.05, 0.1) is 0 Å². The number of benzene rings is 1. The summed E-state index contributed by atoms with van der Waals surface area (Å²) < 4.78 is 10.6. The molecule has 0 aliphatic carbocycles. The molecule has 0 unspecified atom stereocenters. The van der Waals surface area contributed by atoms with Gasteiger partial charge in [-0.05, 0) is 25.0 Å². The highest BCUT2D eigenvalue weighted by atomic mass is 16.5. The number of ether oxygens (including phenoxy) is 1. The van der Waals surface area contributed by atoms with Crippen molar-refractivity contribution in [3.05, 3.63) is 41.0 Å². The van der Waals surface area contributed by atoms with Crippen LogP contribution >= 0.6 is 0 Å². The summed E-state index contributed by atoms with van der Waals surface area (Å²) in [5.74, 6) is 0.664. The first-order valence-electron chi connectivity index (χ1n) is 6.74. The fraction of sp³-hybridized carbons (Fsp3) is 0.400. The summed E-state index contributed by atoms with van der Waals surface area (Å²) in [4.78, 5) is 15.4. The lowest BCUT2D eigenvalue weighted by atomic mass is 10.1. The molecule has 2 aromatic rings. The fourth-order valence-electron chi connectivity index (χ4n) is 1.87. The number of carboxylic acids is 1. The first-order valence-corrected chi connectivity index (χ1v) is 6.74. The normalized spacial score (nSPS) is 10.9. The lowest BCUT2D eigenvalue weighted by molar-refractivity contribution is 0.0691. The van der Waals surface area contributed by atoms with Crippen LogP contribution in [0.3, 0.4) is 0 Å². The van der Waals surface area contributed by atoms with Gasteiger partial charge in [-0.2, -0.15) is 4.98 Å². The number of hydrogen-bond acceptors (Lipinski definition) is 5. The molecule has 0 saturated heterocycles. The minimum Gasteiger partial charge on any atom is -0.483 e. The molecule has 0 amide bonds. The van der Waals surface area contributed by atoms with E-state index in [1.807, 2.05) is 6.92 Å². The molecule has 1 heterocycles. The maximum atomic E-state index is 11.2. The van der Waals surface area contributed by atoms with Gasteiger partial charge in [0.2, 0.25) is 0 Å². The Bertz CT molecular complexity index is 634. The number of aryl methyl sites for hydroxylation is 1. The molecule has 6 nitrogen and oxygen atoms in total. The molecule has 6 heteroatoms. The van der Waals surface area contributed by atoms with Gasteiger partial charge in [-0.3, -0.25) is 0 Å². The van der Waals surface area contributed by atoms with Gasteiger partial charge in [-0.15, -0.1) is 0 Å². The van der Waals surface area contributed by atoms with Crippen LogP contribution in [0, 0.1) is 12.8 Å². The Kier molecular flexibility index (Phi) is 4.57. The van der Waals surface area contributed by atoms with Crippen LogP contribution in [0.25, 0.3) is 0 Å². The van der Waals surface area contributed by atoms with E-state index >= 15 is 0 Å². The number of aromatic nitrogens is 2. The van der Waals surface area contributed by atoms with Crippen LogP contribution in [0.5, 0.6) is 5.75 Å². The van der Waals surface area contributed by atoms with E-state index < -0.39 is 5.97 Å². The van der Waals surface area contributed by atoms with Crippen molar-refractivity contribution in [2.24, 2.45) is 5.92 Å². The Morgan fingerprint density at radius 3 is 2.86 bits per heavy atom. The molecule has 2 rings (SSSR count). The van der Waals surface area contributed by atoms with Crippen LogP contribution < -0.4 is 4.74 Å². The topological polar surface area (TPSA) is 85.5 Å². The predicted octanol–water partition coefficient (Wildman–Crippen LogP) is 2.85. The van der Waals surface area contributed by atoms with Crippen molar-refractivity contribution in [1.82, 2.24) is 10.1 Å². The van der Waals surface area contributed by atoms with E-state index in [-0.39, 0.29) is 17.9 Å². The molecular weight excluding hydrogens is 272 g/mol. The van der Waals surface area contributed by atoms with Gasteiger partial charge in [0.1, 0.15) is 11.3 Å². The summed E-state index contributed by atoms with van der Waals surface area (Å²) in [5.41, 5.74) is 0.980. The monoisotopic (exact) mass is 290 g/mol. The minimum absolute atomic E-state index is 0.0500. The quantitative estimate of drug-likeness (QED) is 0.880. The Hall–Kier alpha value is -2.37. The molecule has 0 fully saturated rings. The van der Waals surface area contributed by atoms with Gasteiger partial charge in [0.15, 0.2) is 12.4 Å². The summed E-state index contributed by atoms with van der Waals surface area (Å²) >= 11 is 0. The van der Waals surface area contributed by atoms with Crippen molar-refractivity contribution in [3.8, 4) is 5.75 Å². The van der Waals surface area contributed by atoms with Crippen molar-refractivity contribution in [3.63, 3.8) is 0 Å². The maximum absolute atomic E-state index is 11.2. The Balaban J connectivity index is 2.06. The second-order valence-electron chi connectivity index (χ2n) is 5.30. The highest BCUT2D eigenvalue weighted by Gasteiger charge is 2.14. The third-order valence-corrected chi connectivity index (χ3v) is 2.82. The van der Waals surface area contributed by atoms with Crippen LogP contribution in [-0.2, 0) is 13.0 Å². The largest absolute Gasteiger partial charge is 0.483 e. The Morgan fingerprint density at radius 2 is 2.19 bits per heavy atom. The van der Waals surface area contributed by atoms with Crippen LogP contribution in [-0.4, -0.2) is 21.2 Å². The maximum Gasteiger partial charge on any atom is 0.339 e. The number of hydrogen-bond donors (Lipinski definition) is 1. The second-order valence-corrected chi connectivity index (χ2v) is 5.30. The molecule has 0 bridgehead atoms. The molecule has 112 valence electrons. The van der Waals surface area contributed by atoms with Gasteiger partial charge in [-0.1, -0.05) is 30.6 Å². The number of carbonyl (C=O) groups is 1. The summed E-state index contributed by atoms with van der Waals surface area (Å²) in [6.07, 6.45) is 0.731. The molecule has 0 radical (unpaired) electrons. The number of nitrogens with zero attached hydrogens (tertiary/aromatic N) is 2. The summed E-state index contributed by atoms with van der Waals surface area (Å²) in [6, 6.07) is 4.99. The molecule has 1 aromatic heterocycles. The van der Waals surface area contributed by atoms with Crippen LogP contribution in [0.4, 0.5) is 0 Å². The smallest absolute Gasteiger partial charge is 0.339 e. The highest BCUT2D eigenvalue weighted by molar-refractivity contribution is 5.91. The van der Waals surface area contributed by atoms with Crippen molar-refractivity contribution < 1.29 is 19.2 Å². The van der Waals surface area contributed by atoms with Crippen LogP contribution in [0.15, 0.2) is 22.7 Å². The molecule has 21 heavy (non-hydrogen) atoms. The fourth-order valence-corrected chi connectivity index (χ4v) is 1.87. The molecular formula is C15H18N2O4. The lowest BCUT2D eigenvalue weighted by Gasteiger charge is -2.07. The summed E-state index contributed by atoms with van der Waals surface area (Å²) in [7, 11) is 0. The molecule has 0 spiro atoms. The van der Waals surface area contributed by atoms with E-state index in [0.29, 0.717) is 17.6 Å². The summed E-state index contributed by atoms with van der Waals surface area (Å²) in [6.45, 7) is 6.01. The lowest BCUT2D eigenvalue weighted by Crippen LogP contribution is -2.04. The zero-order chi connectivity index (χ0) is 15.4. The third kappa shape index (κ3) is 4.05. The minimum atomic E-state index is -1.03. The van der Waals surface area contributed by atoms with E-state index in [1.165, 1.54) is 0 Å². The van der Waals surface area contributed by atoms with E-state index in [0.717, 1.165) is 12.0 Å². The van der Waals surface area contributed by atoms with Gasteiger partial charge in [-0.25, -0.2) is 4.79 Å². The third-order valence-electron chi connectivity index (χ3n) is 2.82. The zero-order valence-corrected chi connectivity index (χ0v) is 12.3. The van der Waals surface area contributed by atoms with E-state index in [4.69, 9.17) is 14.4 Å². The average molecular weight is 290 g/mol. The first-order chi connectivity index (χ1) is 9.95. The predicted molar refractivity (Wildman–Crippen MR) is 75.3 cm³/mol. The zero-order valence-electron chi connectivity index (χ0n) is 12.3. The van der Waals surface area contributed by atoms with Crippen molar-refractivity contribution in [2.45, 2.75) is 33.8 Å². The van der Waals surface area contributed by atoms with Crippen molar-refractivity contribution >= 4 is 5.97 Å². The molecule has 0 aliphatic heterocycles. The van der Waals surface area contributed by atoms with Crippen LogP contribution in [0.1, 0.15) is 41.5 Å². The van der Waals surface area contributed by atoms with Gasteiger partial charge >= 0.3 is 5.97 Å². The number of rotatable bonds is 6. The molecule has 1 N–H and O–H groups in total. The molecule has 0 aliphatic rings. The van der Waals surface area contributed by atoms with E-state index in [2.05, 4.69) is 24.0 Å². The SMILES string of the molecule is Cc1ccc(OCc2nc(CC(C)C)no2)c(C(=O)O)c1. The van der Waals surface area contributed by atoms with Gasteiger partial charge < -0.3 is 14.4 Å². The van der Waals surface area contributed by atoms with Gasteiger partial charge in [0, 0.05) is 6.42 Å². The van der Waals surface area contributed by atoms with Crippen molar-refractivity contribution in [1.29, 1.82) is 0 Å². The Morgan fingerprint density at radius 1 is 1.43 bits per heavy atom. The molecule has 0 atom stereocenters.